The lowest BCUT2D eigenvalue weighted by Crippen LogP contribution is -2.45. The number of halogens is 2. The summed E-state index contributed by atoms with van der Waals surface area (Å²) < 4.78 is 37.9. The Hall–Kier alpha value is -3.38. The van der Waals surface area contributed by atoms with Crippen LogP contribution in [0.2, 0.25) is 0 Å². The number of aliphatic hydroxyl groups excluding tert-OH is 1. The van der Waals surface area contributed by atoms with Crippen molar-refractivity contribution in [2.75, 3.05) is 64.9 Å². The molecule has 0 amide bonds. The zero-order valence-corrected chi connectivity index (χ0v) is 24.5. The Bertz CT molecular complexity index is 1390. The van der Waals surface area contributed by atoms with Crippen molar-refractivity contribution in [3.05, 3.63) is 65.4 Å². The number of carboxylic acids is 1. The number of piperidine rings is 1. The van der Waals surface area contributed by atoms with Crippen LogP contribution in [0.1, 0.15) is 42.9 Å². The van der Waals surface area contributed by atoms with Crippen molar-refractivity contribution in [3.8, 4) is 5.75 Å². The molecule has 5 rings (SSSR count). The molecule has 3 N–H and O–H groups in total. The summed E-state index contributed by atoms with van der Waals surface area (Å²) in [7, 11) is 1.60. The molecule has 0 saturated carbocycles. The van der Waals surface area contributed by atoms with Gasteiger partial charge < -0.3 is 29.9 Å². The second-order valence-corrected chi connectivity index (χ2v) is 11.5. The molecule has 2 saturated heterocycles. The van der Waals surface area contributed by atoms with Crippen LogP contribution in [0.4, 0.5) is 14.5 Å². The van der Waals surface area contributed by atoms with Crippen molar-refractivity contribution < 1.29 is 33.3 Å². The van der Waals surface area contributed by atoms with Gasteiger partial charge in [-0.25, -0.2) is 8.78 Å². The lowest BCUT2D eigenvalue weighted by Gasteiger charge is -2.39. The van der Waals surface area contributed by atoms with Crippen molar-refractivity contribution in [3.63, 3.8) is 0 Å². The molecular weight excluding hydrogens is 558 g/mol. The van der Waals surface area contributed by atoms with Crippen molar-refractivity contribution in [1.82, 2.24) is 14.8 Å². The first kappa shape index (κ1) is 31.1. The number of aromatic nitrogens is 1. The zero-order valence-electron chi connectivity index (χ0n) is 24.5. The van der Waals surface area contributed by atoms with E-state index in [1.807, 2.05) is 24.4 Å². The molecule has 2 aromatic carbocycles. The number of hydrogen-bond acceptors (Lipinski definition) is 8. The number of ether oxygens (including phenoxy) is 2. The van der Waals surface area contributed by atoms with Gasteiger partial charge in [0.2, 0.25) is 0 Å². The van der Waals surface area contributed by atoms with E-state index in [1.54, 1.807) is 7.11 Å². The van der Waals surface area contributed by atoms with E-state index in [-0.39, 0.29) is 0 Å². The topological polar surface area (TPSA) is 107 Å². The molecule has 0 radical (unpaired) electrons. The first-order valence-corrected chi connectivity index (χ1v) is 14.9. The van der Waals surface area contributed by atoms with Gasteiger partial charge in [0.15, 0.2) is 0 Å². The van der Waals surface area contributed by atoms with Crippen molar-refractivity contribution >= 4 is 22.6 Å². The highest BCUT2D eigenvalue weighted by Crippen LogP contribution is 2.40. The number of benzene rings is 2. The van der Waals surface area contributed by atoms with Gasteiger partial charge in [0.25, 0.3) is 0 Å². The quantitative estimate of drug-likeness (QED) is 0.279. The van der Waals surface area contributed by atoms with Gasteiger partial charge in [0, 0.05) is 56.1 Å². The maximum absolute atomic E-state index is 13.5. The molecule has 0 aliphatic carbocycles. The molecule has 0 unspecified atom stereocenters. The zero-order chi connectivity index (χ0) is 30.4. The molecule has 11 heteroatoms. The van der Waals surface area contributed by atoms with Crippen molar-refractivity contribution in [2.24, 2.45) is 5.41 Å². The monoisotopic (exact) mass is 598 g/mol. The van der Waals surface area contributed by atoms with E-state index in [4.69, 9.17) is 9.47 Å². The highest BCUT2D eigenvalue weighted by atomic mass is 19.1. The predicted octanol–water partition coefficient (Wildman–Crippen LogP) is 4.45. The summed E-state index contributed by atoms with van der Waals surface area (Å²) in [4.78, 5) is 21.7. The Morgan fingerprint density at radius 3 is 2.49 bits per heavy atom. The van der Waals surface area contributed by atoms with Crippen LogP contribution in [-0.2, 0) is 16.1 Å². The lowest BCUT2D eigenvalue weighted by molar-refractivity contribution is -0.153. The van der Waals surface area contributed by atoms with E-state index in [0.29, 0.717) is 83.1 Å². The minimum atomic E-state index is -0.943. The van der Waals surface area contributed by atoms with Gasteiger partial charge in [-0.15, -0.1) is 0 Å². The number of pyridine rings is 1. The number of hydrogen-bond donors (Lipinski definition) is 3. The van der Waals surface area contributed by atoms with Gasteiger partial charge >= 0.3 is 5.97 Å². The Morgan fingerprint density at radius 2 is 1.81 bits per heavy atom. The normalized spacial score (nSPS) is 18.4. The molecule has 9 nitrogen and oxygen atoms in total. The Labute approximate surface area is 250 Å². The fraction of sp³-hybridized carbons (Fsp3) is 0.500. The number of anilines is 1. The summed E-state index contributed by atoms with van der Waals surface area (Å²) in [5.41, 5.74) is 1.86. The lowest BCUT2D eigenvalue weighted by atomic mass is 9.73. The number of likely N-dealkylation sites (tertiary alicyclic amines) is 1. The number of carboxylic acid groups (broad SMARTS) is 1. The van der Waals surface area contributed by atoms with E-state index >= 15 is 0 Å². The maximum atomic E-state index is 13.5. The van der Waals surface area contributed by atoms with E-state index in [9.17, 15) is 23.8 Å². The van der Waals surface area contributed by atoms with Crippen LogP contribution in [0.5, 0.6) is 5.75 Å². The number of methoxy groups -OCH3 is 1. The van der Waals surface area contributed by atoms with Crippen molar-refractivity contribution in [1.29, 1.82) is 0 Å². The van der Waals surface area contributed by atoms with Crippen LogP contribution in [0.3, 0.4) is 0 Å². The van der Waals surface area contributed by atoms with Gasteiger partial charge in [-0.05, 0) is 80.2 Å². The van der Waals surface area contributed by atoms with Crippen LogP contribution in [0.25, 0.3) is 10.9 Å². The molecule has 43 heavy (non-hydrogen) atoms. The third-order valence-electron chi connectivity index (χ3n) is 8.81. The molecule has 2 aliphatic rings. The molecule has 2 fully saturated rings. The second-order valence-electron chi connectivity index (χ2n) is 11.5. The average Bonchev–Trinajstić information content (AvgIpc) is 3.00. The number of nitrogens with one attached hydrogen (secondary N) is 1. The molecule has 0 bridgehead atoms. The molecule has 0 spiro atoms. The fourth-order valence-corrected chi connectivity index (χ4v) is 6.23. The number of nitrogens with zero attached hydrogens (tertiary/aromatic N) is 3. The minimum absolute atomic E-state index is 0.297. The molecule has 3 heterocycles. The summed E-state index contributed by atoms with van der Waals surface area (Å²) in [6.07, 6.45) is 2.48. The van der Waals surface area contributed by atoms with Crippen LogP contribution in [0.15, 0.2) is 42.6 Å². The van der Waals surface area contributed by atoms with Crippen molar-refractivity contribution in [2.45, 2.75) is 38.3 Å². The summed E-state index contributed by atoms with van der Waals surface area (Å²) in [6.45, 7) is 5.77. The first-order chi connectivity index (χ1) is 20.8. The van der Waals surface area contributed by atoms with E-state index < -0.39 is 29.1 Å². The highest BCUT2D eigenvalue weighted by Gasteiger charge is 2.41. The van der Waals surface area contributed by atoms with Crippen LogP contribution in [-0.4, -0.2) is 90.6 Å². The fourth-order valence-electron chi connectivity index (χ4n) is 6.23. The predicted molar refractivity (Wildman–Crippen MR) is 159 cm³/mol. The van der Waals surface area contributed by atoms with Gasteiger partial charge in [-0.2, -0.15) is 0 Å². The molecule has 3 aromatic rings. The second kappa shape index (κ2) is 13.9. The van der Waals surface area contributed by atoms with Crippen LogP contribution < -0.4 is 10.1 Å². The number of rotatable bonds is 12. The average molecular weight is 599 g/mol. The van der Waals surface area contributed by atoms with E-state index in [1.165, 1.54) is 12.1 Å². The Morgan fingerprint density at radius 1 is 1.09 bits per heavy atom. The third kappa shape index (κ3) is 7.59. The van der Waals surface area contributed by atoms with Crippen LogP contribution >= 0.6 is 0 Å². The minimum Gasteiger partial charge on any atom is -0.497 e. The molecule has 1 aromatic heterocycles. The number of carbonyl (C=O) groups is 1. The van der Waals surface area contributed by atoms with Gasteiger partial charge in [-0.3, -0.25) is 14.7 Å². The third-order valence-corrected chi connectivity index (χ3v) is 8.81. The molecular formula is C32H40F2N4O5. The summed E-state index contributed by atoms with van der Waals surface area (Å²) >= 11 is 0. The Kier molecular flexibility index (Phi) is 10.1. The standard InChI is InChI=1S/C32H40F2N4O5/c1-42-26-2-3-28-27(19-26)30(22(20-36-28)21-38-12-14-43-15-13-38)29(39)4-5-32(31(40)41)6-9-37(10-7-32)11-8-35-25-17-23(33)16-24(34)18-25/h2-3,16-20,29,35,39H,4-15,21H2,1H3,(H,40,41)/t29-/m1/s1. The van der Waals surface area contributed by atoms with Crippen LogP contribution in [0, 0.1) is 17.0 Å². The Balaban J connectivity index is 1.25. The summed E-state index contributed by atoms with van der Waals surface area (Å²) in [5.74, 6) is -1.46. The van der Waals surface area contributed by atoms with Gasteiger partial charge in [0.1, 0.15) is 17.4 Å². The molecule has 232 valence electrons. The molecule has 2 aliphatic heterocycles. The maximum Gasteiger partial charge on any atom is 0.309 e. The molecule has 1 atom stereocenters. The summed E-state index contributed by atoms with van der Waals surface area (Å²) in [6, 6.07) is 8.92. The van der Waals surface area contributed by atoms with Gasteiger partial charge in [0.05, 0.1) is 37.4 Å². The number of fused-ring (bicyclic) bond motifs is 1. The smallest absolute Gasteiger partial charge is 0.309 e. The number of morpholine rings is 1. The highest BCUT2D eigenvalue weighted by molar-refractivity contribution is 5.85. The summed E-state index contributed by atoms with van der Waals surface area (Å²) in [5, 5.41) is 25.8. The SMILES string of the molecule is COc1ccc2ncc(CN3CCOCC3)c([C@H](O)CCC3(C(=O)O)CCN(CCNc4cc(F)cc(F)c4)CC3)c2c1. The number of aliphatic carboxylic acids is 1. The van der Waals surface area contributed by atoms with Gasteiger partial charge in [-0.1, -0.05) is 0 Å². The number of aliphatic hydroxyl groups is 1. The van der Waals surface area contributed by atoms with E-state index in [0.717, 1.165) is 41.2 Å². The first-order valence-electron chi connectivity index (χ1n) is 14.9. The van der Waals surface area contributed by atoms with E-state index in [2.05, 4.69) is 20.1 Å². The largest absolute Gasteiger partial charge is 0.497 e.